The molecule has 19 heavy (non-hydrogen) atoms. The van der Waals surface area contributed by atoms with Crippen LogP contribution in [-0.4, -0.2) is 16.1 Å². The Kier molecular flexibility index (Phi) is 4.93. The molecule has 2 aromatic heterocycles. The van der Waals surface area contributed by atoms with Gasteiger partial charge in [0.15, 0.2) is 5.13 Å². The van der Waals surface area contributed by atoms with Crippen molar-refractivity contribution >= 4 is 33.8 Å². The number of aryl methyl sites for hydroxylation is 2. The summed E-state index contributed by atoms with van der Waals surface area (Å²) < 4.78 is 0. The van der Waals surface area contributed by atoms with Crippen molar-refractivity contribution in [1.82, 2.24) is 4.98 Å². The number of rotatable bonds is 7. The monoisotopic (exact) mass is 296 g/mol. The van der Waals surface area contributed by atoms with E-state index in [0.717, 1.165) is 23.8 Å². The topological polar surface area (TPSA) is 62.2 Å². The summed E-state index contributed by atoms with van der Waals surface area (Å²) in [6.07, 6.45) is 1.70. The Bertz CT molecular complexity index is 548. The molecule has 0 bridgehead atoms. The van der Waals surface area contributed by atoms with Crippen molar-refractivity contribution in [2.75, 3.05) is 5.32 Å². The number of carboxylic acid groups (broad SMARTS) is 1. The van der Waals surface area contributed by atoms with Gasteiger partial charge in [-0.15, -0.1) is 22.7 Å². The second-order valence-corrected chi connectivity index (χ2v) is 6.22. The number of thiazole rings is 1. The molecule has 0 spiro atoms. The van der Waals surface area contributed by atoms with Gasteiger partial charge in [0.25, 0.3) is 0 Å². The molecule has 2 aromatic rings. The number of aliphatic carboxylic acids is 1. The number of aromatic nitrogens is 1. The number of nitrogens with zero attached hydrogens (tertiary/aromatic N) is 1. The SMILES string of the molecule is CCc1ccc(CNc2nc(CCC(=O)O)cs2)s1. The highest BCUT2D eigenvalue weighted by molar-refractivity contribution is 7.13. The molecule has 0 aliphatic carbocycles. The summed E-state index contributed by atoms with van der Waals surface area (Å²) in [4.78, 5) is 17.5. The Morgan fingerprint density at radius 3 is 2.89 bits per heavy atom. The highest BCUT2D eigenvalue weighted by atomic mass is 32.1. The van der Waals surface area contributed by atoms with Gasteiger partial charge in [-0.2, -0.15) is 0 Å². The molecule has 0 radical (unpaired) electrons. The van der Waals surface area contributed by atoms with Gasteiger partial charge >= 0.3 is 5.97 Å². The van der Waals surface area contributed by atoms with E-state index in [1.165, 1.54) is 21.1 Å². The second kappa shape index (κ2) is 6.68. The van der Waals surface area contributed by atoms with E-state index in [1.807, 2.05) is 16.7 Å². The van der Waals surface area contributed by atoms with Gasteiger partial charge in [0.2, 0.25) is 0 Å². The van der Waals surface area contributed by atoms with Crippen LogP contribution in [0.25, 0.3) is 0 Å². The minimum absolute atomic E-state index is 0.133. The molecule has 0 atom stereocenters. The summed E-state index contributed by atoms with van der Waals surface area (Å²) in [6.45, 7) is 2.93. The third-order valence-corrected chi connectivity index (χ3v) is 4.70. The number of anilines is 1. The van der Waals surface area contributed by atoms with Gasteiger partial charge < -0.3 is 10.4 Å². The second-order valence-electron chi connectivity index (χ2n) is 4.11. The van der Waals surface area contributed by atoms with E-state index in [9.17, 15) is 4.79 Å². The molecule has 0 fully saturated rings. The van der Waals surface area contributed by atoms with Crippen molar-refractivity contribution in [1.29, 1.82) is 0 Å². The van der Waals surface area contributed by atoms with E-state index in [2.05, 4.69) is 29.4 Å². The highest BCUT2D eigenvalue weighted by Crippen LogP contribution is 2.21. The summed E-state index contributed by atoms with van der Waals surface area (Å²) >= 11 is 3.33. The maximum atomic E-state index is 10.5. The Morgan fingerprint density at radius 2 is 2.21 bits per heavy atom. The Labute approximate surface area is 120 Å². The van der Waals surface area contributed by atoms with Crippen molar-refractivity contribution in [3.63, 3.8) is 0 Å². The number of nitrogens with one attached hydrogen (secondary N) is 1. The molecular weight excluding hydrogens is 280 g/mol. The summed E-state index contributed by atoms with van der Waals surface area (Å²) in [5, 5.41) is 14.7. The molecular formula is C13H16N2O2S2. The third-order valence-electron chi connectivity index (χ3n) is 2.63. The molecule has 0 aliphatic heterocycles. The molecule has 2 rings (SSSR count). The zero-order valence-corrected chi connectivity index (χ0v) is 12.3. The third kappa shape index (κ3) is 4.33. The standard InChI is InChI=1S/C13H16N2O2S2/c1-2-10-4-5-11(19-10)7-14-13-15-9(8-18-13)3-6-12(16)17/h4-5,8H,2-3,6-7H2,1H3,(H,14,15)(H,16,17). The lowest BCUT2D eigenvalue weighted by atomic mass is 10.2. The van der Waals surface area contributed by atoms with Crippen LogP contribution in [-0.2, 0) is 24.2 Å². The fourth-order valence-electron chi connectivity index (χ4n) is 1.61. The molecule has 0 aromatic carbocycles. The van der Waals surface area contributed by atoms with Crippen LogP contribution < -0.4 is 5.32 Å². The number of hydrogen-bond acceptors (Lipinski definition) is 5. The quantitative estimate of drug-likeness (QED) is 0.822. The summed E-state index contributed by atoms with van der Waals surface area (Å²) in [6, 6.07) is 4.29. The zero-order chi connectivity index (χ0) is 13.7. The van der Waals surface area contributed by atoms with Crippen molar-refractivity contribution in [2.45, 2.75) is 32.7 Å². The van der Waals surface area contributed by atoms with Crippen molar-refractivity contribution in [3.8, 4) is 0 Å². The molecule has 0 saturated heterocycles. The molecule has 2 heterocycles. The summed E-state index contributed by atoms with van der Waals surface area (Å²) in [5.74, 6) is -0.784. The van der Waals surface area contributed by atoms with Crippen LogP contribution in [0.4, 0.5) is 5.13 Å². The lowest BCUT2D eigenvalue weighted by Gasteiger charge is -1.99. The average Bonchev–Trinajstić information content (AvgIpc) is 3.03. The van der Waals surface area contributed by atoms with Crippen LogP contribution in [0.1, 0.15) is 28.8 Å². The minimum Gasteiger partial charge on any atom is -0.481 e. The number of carbonyl (C=O) groups is 1. The summed E-state index contributed by atoms with van der Waals surface area (Å²) in [7, 11) is 0. The number of thiophene rings is 1. The van der Waals surface area contributed by atoms with E-state index in [1.54, 1.807) is 0 Å². The van der Waals surface area contributed by atoms with Gasteiger partial charge in [-0.3, -0.25) is 4.79 Å². The number of carboxylic acids is 1. The lowest BCUT2D eigenvalue weighted by Crippen LogP contribution is -1.99. The van der Waals surface area contributed by atoms with Crippen molar-refractivity contribution in [2.24, 2.45) is 0 Å². The zero-order valence-electron chi connectivity index (χ0n) is 10.7. The van der Waals surface area contributed by atoms with Gasteiger partial charge in [0.1, 0.15) is 0 Å². The van der Waals surface area contributed by atoms with Crippen molar-refractivity contribution in [3.05, 3.63) is 33.0 Å². The van der Waals surface area contributed by atoms with Crippen LogP contribution in [0.5, 0.6) is 0 Å². The fraction of sp³-hybridized carbons (Fsp3) is 0.385. The first-order chi connectivity index (χ1) is 9.17. The highest BCUT2D eigenvalue weighted by Gasteiger charge is 2.05. The molecule has 6 heteroatoms. The fourth-order valence-corrected chi connectivity index (χ4v) is 3.25. The molecule has 0 aliphatic rings. The van der Waals surface area contributed by atoms with Gasteiger partial charge in [-0.05, 0) is 18.6 Å². The Hall–Kier alpha value is -1.40. The van der Waals surface area contributed by atoms with Crippen LogP contribution in [0, 0.1) is 0 Å². The van der Waals surface area contributed by atoms with Crippen LogP contribution in [0.15, 0.2) is 17.5 Å². The van der Waals surface area contributed by atoms with E-state index in [0.29, 0.717) is 6.42 Å². The van der Waals surface area contributed by atoms with Crippen LogP contribution >= 0.6 is 22.7 Å². The van der Waals surface area contributed by atoms with E-state index >= 15 is 0 Å². The van der Waals surface area contributed by atoms with E-state index in [4.69, 9.17) is 5.11 Å². The molecule has 0 saturated carbocycles. The van der Waals surface area contributed by atoms with Gasteiger partial charge in [0, 0.05) is 21.6 Å². The Morgan fingerprint density at radius 1 is 1.42 bits per heavy atom. The van der Waals surface area contributed by atoms with E-state index in [-0.39, 0.29) is 6.42 Å². The maximum Gasteiger partial charge on any atom is 0.303 e. The van der Waals surface area contributed by atoms with Crippen molar-refractivity contribution < 1.29 is 9.90 Å². The van der Waals surface area contributed by atoms with Gasteiger partial charge in [-0.1, -0.05) is 6.92 Å². The van der Waals surface area contributed by atoms with E-state index < -0.39 is 5.97 Å². The van der Waals surface area contributed by atoms with Gasteiger partial charge in [0.05, 0.1) is 18.7 Å². The maximum absolute atomic E-state index is 10.5. The van der Waals surface area contributed by atoms with Crippen LogP contribution in [0.3, 0.4) is 0 Å². The first-order valence-electron chi connectivity index (χ1n) is 6.15. The lowest BCUT2D eigenvalue weighted by molar-refractivity contribution is -0.136. The smallest absolute Gasteiger partial charge is 0.303 e. The molecule has 2 N–H and O–H groups in total. The number of hydrogen-bond donors (Lipinski definition) is 2. The van der Waals surface area contributed by atoms with Crippen LogP contribution in [0.2, 0.25) is 0 Å². The minimum atomic E-state index is -0.784. The first kappa shape index (κ1) is 14.0. The first-order valence-corrected chi connectivity index (χ1v) is 7.84. The molecule has 0 amide bonds. The van der Waals surface area contributed by atoms with Gasteiger partial charge in [-0.25, -0.2) is 4.98 Å². The molecule has 4 nitrogen and oxygen atoms in total. The predicted octanol–water partition coefficient (Wildman–Crippen LogP) is 3.40. The normalized spacial score (nSPS) is 10.6. The molecule has 0 unspecified atom stereocenters. The largest absolute Gasteiger partial charge is 0.481 e. The average molecular weight is 296 g/mol. The Balaban J connectivity index is 1.84. The predicted molar refractivity (Wildman–Crippen MR) is 79.1 cm³/mol. The molecule has 102 valence electrons. The summed E-state index contributed by atoms with van der Waals surface area (Å²) in [5.41, 5.74) is 0.843.